The molecule has 0 saturated carbocycles. The van der Waals surface area contributed by atoms with Gasteiger partial charge in [-0.05, 0) is 32.4 Å². The minimum absolute atomic E-state index is 0. The van der Waals surface area contributed by atoms with Crippen molar-refractivity contribution in [2.24, 2.45) is 5.73 Å². The number of nitrogens with one attached hydrogen (secondary N) is 1. The largest absolute Gasteiger partial charge is 1.00 e. The highest BCUT2D eigenvalue weighted by Gasteiger charge is 2.49. The van der Waals surface area contributed by atoms with Crippen molar-refractivity contribution in [3.63, 3.8) is 0 Å². The van der Waals surface area contributed by atoms with E-state index in [1.165, 1.54) is 16.8 Å². The lowest BCUT2D eigenvalue weighted by Crippen LogP contribution is -3.00. The zero-order valence-corrected chi connectivity index (χ0v) is 21.5. The number of nitrogens with two attached hydrogens (primary N) is 1. The molecule has 1 aliphatic heterocycles. The summed E-state index contributed by atoms with van der Waals surface area (Å²) >= 11 is 0. The number of rotatable bonds is 8. The van der Waals surface area contributed by atoms with E-state index in [2.05, 4.69) is 5.32 Å². The highest BCUT2D eigenvalue weighted by atomic mass is 35.5. The Bertz CT molecular complexity index is 1080. The zero-order chi connectivity index (χ0) is 26.5. The van der Waals surface area contributed by atoms with Gasteiger partial charge < -0.3 is 47.9 Å². The fraction of sp³-hybridized carbons (Fsp3) is 0.440. The standard InChI is InChI=1S/C25H31N3O8.ClH/c1-25(2,3)36-24(33)27-17(12-15-8-5-4-6-9-15)23(32)34-14-18-19(29)20(30)22(35-18)28-11-7-10-16(13-28)21(26)31;/h4-11,13,17-20,22,29-30H,12,14H2,1-3H3,(H2-,26,27,31,33);1H/t17-,18+,19+,20+,22+;/m0./s1. The number of hydrogen-bond acceptors (Lipinski definition) is 8. The lowest BCUT2D eigenvalue weighted by molar-refractivity contribution is -0.765. The molecule has 0 spiro atoms. The molecule has 3 rings (SSSR count). The Hall–Kier alpha value is -3.25. The predicted octanol–water partition coefficient (Wildman–Crippen LogP) is -2.62. The van der Waals surface area contributed by atoms with Gasteiger partial charge in [-0.3, -0.25) is 4.79 Å². The van der Waals surface area contributed by atoms with Crippen LogP contribution in [-0.2, 0) is 25.4 Å². The van der Waals surface area contributed by atoms with Gasteiger partial charge in [-0.1, -0.05) is 30.3 Å². The van der Waals surface area contributed by atoms with Gasteiger partial charge in [0.2, 0.25) is 0 Å². The minimum atomic E-state index is -1.38. The molecule has 0 radical (unpaired) electrons. The number of halogens is 1. The molecule has 2 aromatic rings. The van der Waals surface area contributed by atoms with E-state index >= 15 is 0 Å². The topological polar surface area (TPSA) is 161 Å². The smallest absolute Gasteiger partial charge is 0.408 e. The molecule has 0 aliphatic carbocycles. The van der Waals surface area contributed by atoms with E-state index in [-0.39, 0.29) is 31.0 Å². The summed E-state index contributed by atoms with van der Waals surface area (Å²) in [4.78, 5) is 36.7. The Morgan fingerprint density at radius 1 is 1.11 bits per heavy atom. The summed E-state index contributed by atoms with van der Waals surface area (Å²) in [7, 11) is 0. The number of hydrogen-bond donors (Lipinski definition) is 4. The molecule has 5 N–H and O–H groups in total. The Morgan fingerprint density at radius 2 is 1.78 bits per heavy atom. The Balaban J connectivity index is 0.00000481. The van der Waals surface area contributed by atoms with Gasteiger partial charge in [0, 0.05) is 12.5 Å². The summed E-state index contributed by atoms with van der Waals surface area (Å²) in [6.45, 7) is 4.73. The van der Waals surface area contributed by atoms with Crippen LogP contribution in [0.2, 0.25) is 0 Å². The van der Waals surface area contributed by atoms with Crippen LogP contribution in [0.4, 0.5) is 4.79 Å². The van der Waals surface area contributed by atoms with Crippen LogP contribution >= 0.6 is 0 Å². The summed E-state index contributed by atoms with van der Waals surface area (Å²) in [5, 5.41) is 23.5. The average Bonchev–Trinajstić information content (AvgIpc) is 3.10. The van der Waals surface area contributed by atoms with Crippen molar-refractivity contribution < 1.29 is 55.8 Å². The second kappa shape index (κ2) is 12.8. The van der Waals surface area contributed by atoms with E-state index in [9.17, 15) is 24.6 Å². The van der Waals surface area contributed by atoms with Crippen molar-refractivity contribution in [1.82, 2.24) is 5.32 Å². The van der Waals surface area contributed by atoms with Gasteiger partial charge in [-0.25, -0.2) is 9.59 Å². The van der Waals surface area contributed by atoms with E-state index < -0.39 is 54.2 Å². The summed E-state index contributed by atoms with van der Waals surface area (Å²) in [6, 6.07) is 11.0. The summed E-state index contributed by atoms with van der Waals surface area (Å²) in [5.74, 6) is -1.42. The van der Waals surface area contributed by atoms with Crippen LogP contribution in [0.3, 0.4) is 0 Å². The normalized spacial score (nSPS) is 21.9. The maximum absolute atomic E-state index is 12.9. The zero-order valence-electron chi connectivity index (χ0n) is 20.7. The number of aromatic nitrogens is 1. The molecule has 1 saturated heterocycles. The molecular formula is C25H32ClN3O8. The van der Waals surface area contributed by atoms with E-state index in [0.29, 0.717) is 0 Å². The molecule has 2 amide bonds. The highest BCUT2D eigenvalue weighted by Crippen LogP contribution is 2.26. The number of pyridine rings is 1. The number of nitrogens with zero attached hydrogens (tertiary/aromatic N) is 1. The predicted molar refractivity (Wildman–Crippen MR) is 125 cm³/mol. The fourth-order valence-corrected chi connectivity index (χ4v) is 3.67. The highest BCUT2D eigenvalue weighted by molar-refractivity contribution is 5.92. The van der Waals surface area contributed by atoms with Gasteiger partial charge in [-0.2, -0.15) is 4.57 Å². The second-order valence-electron chi connectivity index (χ2n) is 9.47. The van der Waals surface area contributed by atoms with Crippen LogP contribution in [0.25, 0.3) is 0 Å². The third kappa shape index (κ3) is 8.39. The van der Waals surface area contributed by atoms with Gasteiger partial charge in [0.05, 0.1) is 0 Å². The summed E-state index contributed by atoms with van der Waals surface area (Å²) in [5.41, 5.74) is 5.52. The van der Waals surface area contributed by atoms with Crippen LogP contribution in [0.15, 0.2) is 54.9 Å². The van der Waals surface area contributed by atoms with Crippen molar-refractivity contribution in [3.05, 3.63) is 66.0 Å². The van der Waals surface area contributed by atoms with E-state index in [0.717, 1.165) is 5.56 Å². The molecule has 0 unspecified atom stereocenters. The number of alkyl carbamates (subject to hydrolysis) is 1. The van der Waals surface area contributed by atoms with E-state index in [1.54, 1.807) is 57.3 Å². The third-order valence-electron chi connectivity index (χ3n) is 5.39. The lowest BCUT2D eigenvalue weighted by Gasteiger charge is -2.23. The molecule has 1 aromatic heterocycles. The van der Waals surface area contributed by atoms with Crippen LogP contribution < -0.4 is 28.0 Å². The first-order valence-electron chi connectivity index (χ1n) is 11.5. The summed E-state index contributed by atoms with van der Waals surface area (Å²) < 4.78 is 17.8. The van der Waals surface area contributed by atoms with Crippen molar-refractivity contribution in [3.8, 4) is 0 Å². The van der Waals surface area contributed by atoms with Crippen molar-refractivity contribution in [2.45, 2.75) is 63.4 Å². The van der Waals surface area contributed by atoms with Crippen LogP contribution in [0.1, 0.15) is 42.9 Å². The quantitative estimate of drug-likeness (QED) is 0.210. The first-order chi connectivity index (χ1) is 16.9. The van der Waals surface area contributed by atoms with Crippen LogP contribution in [0.5, 0.6) is 0 Å². The number of primary amides is 1. The minimum Gasteiger partial charge on any atom is -1.00 e. The Kier molecular flexibility index (Phi) is 10.4. The first kappa shape index (κ1) is 30.0. The number of amides is 2. The first-order valence-corrected chi connectivity index (χ1v) is 11.5. The molecule has 1 fully saturated rings. The number of carbonyl (C=O) groups is 3. The molecule has 202 valence electrons. The molecule has 11 nitrogen and oxygen atoms in total. The third-order valence-corrected chi connectivity index (χ3v) is 5.39. The van der Waals surface area contributed by atoms with Gasteiger partial charge in [0.1, 0.15) is 36.0 Å². The number of aliphatic hydroxyl groups is 2. The lowest BCUT2D eigenvalue weighted by atomic mass is 10.1. The average molecular weight is 538 g/mol. The maximum atomic E-state index is 12.9. The maximum Gasteiger partial charge on any atom is 0.408 e. The second-order valence-corrected chi connectivity index (χ2v) is 9.47. The van der Waals surface area contributed by atoms with Gasteiger partial charge in [0.15, 0.2) is 18.5 Å². The fourth-order valence-electron chi connectivity index (χ4n) is 3.67. The molecule has 12 heteroatoms. The number of ether oxygens (including phenoxy) is 3. The molecular weight excluding hydrogens is 506 g/mol. The van der Waals surface area contributed by atoms with Gasteiger partial charge in [-0.15, -0.1) is 0 Å². The molecule has 2 heterocycles. The van der Waals surface area contributed by atoms with E-state index in [4.69, 9.17) is 19.9 Å². The molecule has 37 heavy (non-hydrogen) atoms. The van der Waals surface area contributed by atoms with Crippen LogP contribution in [-0.4, -0.2) is 64.7 Å². The van der Waals surface area contributed by atoms with Crippen molar-refractivity contribution >= 4 is 18.0 Å². The van der Waals surface area contributed by atoms with E-state index in [1.807, 2.05) is 6.07 Å². The van der Waals surface area contributed by atoms with Crippen molar-refractivity contribution in [1.29, 1.82) is 0 Å². The number of aliphatic hydroxyl groups excluding tert-OH is 2. The molecule has 0 bridgehead atoms. The number of esters is 1. The monoisotopic (exact) mass is 537 g/mol. The number of carbonyl (C=O) groups excluding carboxylic acids is 3. The van der Waals surface area contributed by atoms with Gasteiger partial charge >= 0.3 is 12.1 Å². The Morgan fingerprint density at radius 3 is 2.41 bits per heavy atom. The Labute approximate surface area is 220 Å². The van der Waals surface area contributed by atoms with Crippen molar-refractivity contribution in [2.75, 3.05) is 6.61 Å². The molecule has 1 aromatic carbocycles. The molecule has 5 atom stereocenters. The number of benzene rings is 1. The van der Waals surface area contributed by atoms with Crippen LogP contribution in [0, 0.1) is 0 Å². The van der Waals surface area contributed by atoms with Gasteiger partial charge in [0.25, 0.3) is 12.1 Å². The SMILES string of the molecule is CC(C)(C)OC(=O)N[C@@H](Cc1ccccc1)C(=O)OC[C@H]1O[C@@H]([n+]2cccc(C(N)=O)c2)[C@H](O)[C@@H]1O.[Cl-]. The summed E-state index contributed by atoms with van der Waals surface area (Å²) in [6.07, 6.45) is -2.53. The molecule has 1 aliphatic rings.